The normalized spacial score (nSPS) is 10.7. The number of nitrogens with one attached hydrogen (secondary N) is 2. The number of hydrogen-bond acceptors (Lipinski definition) is 4. The molecule has 154 valence electrons. The van der Waals surface area contributed by atoms with Gasteiger partial charge in [0.25, 0.3) is 0 Å². The third-order valence-electron chi connectivity index (χ3n) is 5.06. The summed E-state index contributed by atoms with van der Waals surface area (Å²) >= 11 is 0. The predicted octanol–water partition coefficient (Wildman–Crippen LogP) is 5.76. The van der Waals surface area contributed by atoms with Crippen LogP contribution in [0.1, 0.15) is 28.4 Å². The molecule has 0 bridgehead atoms. The molecule has 0 saturated carbocycles. The Kier molecular flexibility index (Phi) is 5.45. The molecule has 2 amide bonds. The van der Waals surface area contributed by atoms with Crippen molar-refractivity contribution in [2.45, 2.75) is 20.8 Å². The van der Waals surface area contributed by atoms with E-state index < -0.39 is 6.03 Å². The molecule has 6 nitrogen and oxygen atoms in total. The van der Waals surface area contributed by atoms with Crippen LogP contribution < -0.4 is 10.6 Å². The highest BCUT2D eigenvalue weighted by Gasteiger charge is 2.15. The van der Waals surface area contributed by atoms with Gasteiger partial charge in [0.1, 0.15) is 5.82 Å². The summed E-state index contributed by atoms with van der Waals surface area (Å²) in [5.74, 6) is 0.388. The van der Waals surface area contributed by atoms with Crippen LogP contribution in [0.25, 0.3) is 22.0 Å². The van der Waals surface area contributed by atoms with Crippen LogP contribution in [0.5, 0.6) is 0 Å². The molecule has 2 N–H and O–H groups in total. The number of ketones is 1. The highest BCUT2D eigenvalue weighted by Crippen LogP contribution is 2.33. The lowest BCUT2D eigenvalue weighted by atomic mass is 9.98. The summed E-state index contributed by atoms with van der Waals surface area (Å²) < 4.78 is 0. The van der Waals surface area contributed by atoms with E-state index in [0.717, 1.165) is 33.2 Å². The van der Waals surface area contributed by atoms with E-state index in [-0.39, 0.29) is 5.78 Å². The maximum atomic E-state index is 12.8. The summed E-state index contributed by atoms with van der Waals surface area (Å²) in [6.45, 7) is 5.55. The number of amides is 2. The Morgan fingerprint density at radius 2 is 1.74 bits per heavy atom. The molecule has 4 aromatic rings. The first kappa shape index (κ1) is 20.2. The number of pyridine rings is 2. The smallest absolute Gasteiger partial charge is 0.308 e. The number of carbonyl (C=O) groups excluding carboxylic acids is 2. The number of rotatable bonds is 4. The Bertz CT molecular complexity index is 1310. The Balaban J connectivity index is 1.72. The second-order valence-electron chi connectivity index (χ2n) is 7.49. The Labute approximate surface area is 180 Å². The van der Waals surface area contributed by atoms with Crippen molar-refractivity contribution in [3.05, 3.63) is 83.7 Å². The van der Waals surface area contributed by atoms with Gasteiger partial charge in [-0.1, -0.05) is 35.9 Å². The van der Waals surface area contributed by atoms with Crippen molar-refractivity contribution in [2.24, 2.45) is 0 Å². The van der Waals surface area contributed by atoms with Crippen molar-refractivity contribution in [2.75, 3.05) is 10.6 Å². The summed E-state index contributed by atoms with van der Waals surface area (Å²) in [4.78, 5) is 33.3. The molecule has 0 radical (unpaired) electrons. The van der Waals surface area contributed by atoms with Gasteiger partial charge in [-0.25, -0.2) is 9.78 Å². The summed E-state index contributed by atoms with van der Waals surface area (Å²) in [5, 5.41) is 6.55. The molecule has 2 aromatic carbocycles. The number of Topliss-reactive ketones (excluding diaryl/α,β-unsaturated/α-hetero) is 1. The Morgan fingerprint density at radius 1 is 0.903 bits per heavy atom. The minimum absolute atomic E-state index is 0.0638. The zero-order valence-corrected chi connectivity index (χ0v) is 17.6. The topological polar surface area (TPSA) is 84.0 Å². The van der Waals surface area contributed by atoms with Gasteiger partial charge in [-0.2, -0.15) is 0 Å². The van der Waals surface area contributed by atoms with Crippen LogP contribution in [0, 0.1) is 13.8 Å². The van der Waals surface area contributed by atoms with Crippen molar-refractivity contribution in [1.29, 1.82) is 0 Å². The number of anilines is 2. The van der Waals surface area contributed by atoms with Crippen LogP contribution in [0.4, 0.5) is 16.3 Å². The van der Waals surface area contributed by atoms with Crippen molar-refractivity contribution in [1.82, 2.24) is 9.97 Å². The molecule has 0 atom stereocenters. The zero-order chi connectivity index (χ0) is 22.0. The molecule has 4 rings (SSSR count). The lowest BCUT2D eigenvalue weighted by molar-refractivity contribution is 0.101. The summed E-state index contributed by atoms with van der Waals surface area (Å²) in [7, 11) is 0. The van der Waals surface area contributed by atoms with Gasteiger partial charge >= 0.3 is 6.03 Å². The van der Waals surface area contributed by atoms with E-state index >= 15 is 0 Å². The van der Waals surface area contributed by atoms with E-state index in [1.807, 2.05) is 26.0 Å². The number of fused-ring (bicyclic) bond motifs is 1. The largest absolute Gasteiger partial charge is 0.324 e. The molecule has 0 spiro atoms. The van der Waals surface area contributed by atoms with Gasteiger partial charge in [-0.15, -0.1) is 0 Å². The fraction of sp³-hybridized carbons (Fsp3) is 0.120. The van der Waals surface area contributed by atoms with Crippen molar-refractivity contribution >= 4 is 34.2 Å². The first-order chi connectivity index (χ1) is 14.9. The number of hydrogen-bond donors (Lipinski definition) is 2. The van der Waals surface area contributed by atoms with Crippen LogP contribution in [-0.2, 0) is 0 Å². The fourth-order valence-corrected chi connectivity index (χ4v) is 3.43. The molecule has 2 heterocycles. The van der Waals surface area contributed by atoms with Gasteiger partial charge in [0, 0.05) is 34.6 Å². The molecular weight excluding hydrogens is 388 g/mol. The van der Waals surface area contributed by atoms with Gasteiger partial charge in [-0.05, 0) is 56.2 Å². The van der Waals surface area contributed by atoms with E-state index in [1.54, 1.807) is 36.7 Å². The minimum Gasteiger partial charge on any atom is -0.308 e. The standard InChI is InChI=1S/C25H22N4O2/c1-15-7-8-16(2)21(11-15)22-13-19-14-26-10-9-23(19)28-24(22)29-25(31)27-20-6-4-5-18(12-20)17(3)30/h4-14H,1-3H3,(H2,27,28,29,31). The summed E-state index contributed by atoms with van der Waals surface area (Å²) in [5.41, 5.74) is 5.80. The Hall–Kier alpha value is -4.06. The third-order valence-corrected chi connectivity index (χ3v) is 5.06. The molecule has 0 unspecified atom stereocenters. The molecule has 6 heteroatoms. The number of nitrogens with zero attached hydrogens (tertiary/aromatic N) is 2. The number of urea groups is 1. The maximum absolute atomic E-state index is 12.8. The average Bonchev–Trinajstić information content (AvgIpc) is 2.75. The predicted molar refractivity (Wildman–Crippen MR) is 124 cm³/mol. The number of aromatic nitrogens is 2. The van der Waals surface area contributed by atoms with Crippen LogP contribution in [0.3, 0.4) is 0 Å². The Morgan fingerprint density at radius 3 is 2.55 bits per heavy atom. The molecule has 0 fully saturated rings. The van der Waals surface area contributed by atoms with E-state index in [1.165, 1.54) is 6.92 Å². The first-order valence-electron chi connectivity index (χ1n) is 9.92. The maximum Gasteiger partial charge on any atom is 0.324 e. The van der Waals surface area contributed by atoms with E-state index in [4.69, 9.17) is 0 Å². The second kappa shape index (κ2) is 8.36. The molecule has 0 aliphatic carbocycles. The number of benzene rings is 2. The summed E-state index contributed by atoms with van der Waals surface area (Å²) in [6, 6.07) is 16.4. The molecule has 31 heavy (non-hydrogen) atoms. The quantitative estimate of drug-likeness (QED) is 0.419. The molecular formula is C25H22N4O2. The molecule has 0 aliphatic heterocycles. The van der Waals surface area contributed by atoms with Gasteiger partial charge in [-0.3, -0.25) is 15.1 Å². The van der Waals surface area contributed by atoms with Crippen LogP contribution >= 0.6 is 0 Å². The van der Waals surface area contributed by atoms with Gasteiger partial charge in [0.05, 0.1) is 5.52 Å². The van der Waals surface area contributed by atoms with Gasteiger partial charge in [0.2, 0.25) is 0 Å². The van der Waals surface area contributed by atoms with Crippen LogP contribution in [-0.4, -0.2) is 21.8 Å². The molecule has 0 aliphatic rings. The van der Waals surface area contributed by atoms with Gasteiger partial charge < -0.3 is 5.32 Å². The van der Waals surface area contributed by atoms with Crippen molar-refractivity contribution in [3.8, 4) is 11.1 Å². The summed E-state index contributed by atoms with van der Waals surface area (Å²) in [6.07, 6.45) is 3.43. The SMILES string of the molecule is CC(=O)c1cccc(NC(=O)Nc2nc3ccncc3cc2-c2cc(C)ccc2C)c1. The van der Waals surface area contributed by atoms with Crippen LogP contribution in [0.2, 0.25) is 0 Å². The number of aryl methyl sites for hydroxylation is 2. The lowest BCUT2D eigenvalue weighted by Crippen LogP contribution is -2.21. The van der Waals surface area contributed by atoms with Crippen molar-refractivity contribution < 1.29 is 9.59 Å². The highest BCUT2D eigenvalue weighted by atomic mass is 16.2. The first-order valence-corrected chi connectivity index (χ1v) is 9.92. The van der Waals surface area contributed by atoms with Gasteiger partial charge in [0.15, 0.2) is 5.78 Å². The average molecular weight is 410 g/mol. The lowest BCUT2D eigenvalue weighted by Gasteiger charge is -2.15. The van der Waals surface area contributed by atoms with Crippen LogP contribution in [0.15, 0.2) is 67.0 Å². The van der Waals surface area contributed by atoms with E-state index in [9.17, 15) is 9.59 Å². The highest BCUT2D eigenvalue weighted by molar-refractivity contribution is 6.04. The second-order valence-corrected chi connectivity index (χ2v) is 7.49. The molecule has 0 saturated heterocycles. The van der Waals surface area contributed by atoms with E-state index in [0.29, 0.717) is 17.1 Å². The monoisotopic (exact) mass is 410 g/mol. The van der Waals surface area contributed by atoms with E-state index in [2.05, 4.69) is 38.8 Å². The van der Waals surface area contributed by atoms with Crippen molar-refractivity contribution in [3.63, 3.8) is 0 Å². The molecule has 2 aromatic heterocycles. The minimum atomic E-state index is -0.437. The zero-order valence-electron chi connectivity index (χ0n) is 17.6. The third kappa shape index (κ3) is 4.43. The number of carbonyl (C=O) groups is 2. The fourth-order valence-electron chi connectivity index (χ4n) is 3.43.